The number of nitrogens with two attached hydrogens (primary N) is 1. The molecule has 2 fully saturated rings. The first-order valence-corrected chi connectivity index (χ1v) is 11.8. The van der Waals surface area contributed by atoms with Gasteiger partial charge in [0.2, 0.25) is 11.8 Å². The second kappa shape index (κ2) is 10.1. The van der Waals surface area contributed by atoms with E-state index in [1.54, 1.807) is 17.0 Å². The molecule has 3 N–H and O–H groups in total. The first kappa shape index (κ1) is 23.5. The Hall–Kier alpha value is -2.61. The number of halogens is 2. The number of amides is 3. The smallest absolute Gasteiger partial charge is 0.256 e. The van der Waals surface area contributed by atoms with E-state index < -0.39 is 6.04 Å². The molecule has 0 bridgehead atoms. The Kier molecular flexibility index (Phi) is 7.22. The molecule has 0 saturated carbocycles. The van der Waals surface area contributed by atoms with Crippen LogP contribution in [-0.2, 0) is 16.1 Å². The van der Waals surface area contributed by atoms with Crippen molar-refractivity contribution in [2.24, 2.45) is 5.73 Å². The SMILES string of the molecule is NC(=O)C1CCCN1Cc1cccc(NC(=O)C2CCCN2C(=O)c2cc(Cl)ccc2Cl)c1. The Morgan fingerprint density at radius 2 is 1.76 bits per heavy atom. The van der Waals surface area contributed by atoms with E-state index >= 15 is 0 Å². The van der Waals surface area contributed by atoms with E-state index in [9.17, 15) is 14.4 Å². The van der Waals surface area contributed by atoms with E-state index in [1.165, 1.54) is 6.07 Å². The fraction of sp³-hybridized carbons (Fsp3) is 0.375. The van der Waals surface area contributed by atoms with Gasteiger partial charge in [0, 0.05) is 23.8 Å². The average Bonchev–Trinajstić information content (AvgIpc) is 3.45. The zero-order chi connectivity index (χ0) is 23.5. The maximum Gasteiger partial charge on any atom is 0.256 e. The fourth-order valence-electron chi connectivity index (χ4n) is 4.64. The summed E-state index contributed by atoms with van der Waals surface area (Å²) in [4.78, 5) is 41.4. The van der Waals surface area contributed by atoms with Crippen molar-refractivity contribution in [3.8, 4) is 0 Å². The summed E-state index contributed by atoms with van der Waals surface area (Å²) in [6, 6.07) is 11.4. The minimum atomic E-state index is -0.589. The third-order valence-corrected chi connectivity index (χ3v) is 6.81. The van der Waals surface area contributed by atoms with Gasteiger partial charge in [-0.05, 0) is 68.1 Å². The Morgan fingerprint density at radius 3 is 2.55 bits per heavy atom. The van der Waals surface area contributed by atoms with Crippen LogP contribution in [0.15, 0.2) is 42.5 Å². The molecule has 7 nitrogen and oxygen atoms in total. The lowest BCUT2D eigenvalue weighted by atomic mass is 10.1. The first-order valence-electron chi connectivity index (χ1n) is 11.0. The molecule has 0 radical (unpaired) electrons. The van der Waals surface area contributed by atoms with Crippen LogP contribution in [0.3, 0.4) is 0 Å². The van der Waals surface area contributed by atoms with Gasteiger partial charge in [-0.25, -0.2) is 0 Å². The molecule has 2 aliphatic rings. The zero-order valence-electron chi connectivity index (χ0n) is 18.1. The van der Waals surface area contributed by atoms with Gasteiger partial charge in [-0.2, -0.15) is 0 Å². The second-order valence-electron chi connectivity index (χ2n) is 8.50. The molecule has 0 spiro atoms. The number of benzene rings is 2. The molecule has 2 saturated heterocycles. The van der Waals surface area contributed by atoms with E-state index in [-0.39, 0.29) is 23.8 Å². The van der Waals surface area contributed by atoms with Gasteiger partial charge in [-0.15, -0.1) is 0 Å². The Balaban J connectivity index is 1.44. The van der Waals surface area contributed by atoms with E-state index in [1.807, 2.05) is 24.3 Å². The molecular weight excluding hydrogens is 463 g/mol. The van der Waals surface area contributed by atoms with E-state index in [0.29, 0.717) is 40.8 Å². The molecule has 0 aromatic heterocycles. The fourth-order valence-corrected chi connectivity index (χ4v) is 5.01. The number of primary amides is 1. The molecule has 2 heterocycles. The van der Waals surface area contributed by atoms with Crippen LogP contribution in [-0.4, -0.2) is 52.7 Å². The Morgan fingerprint density at radius 1 is 1.00 bits per heavy atom. The second-order valence-corrected chi connectivity index (χ2v) is 9.34. The number of carbonyl (C=O) groups excluding carboxylic acids is 3. The van der Waals surface area contributed by atoms with Crippen LogP contribution >= 0.6 is 23.2 Å². The van der Waals surface area contributed by atoms with Crippen molar-refractivity contribution in [3.05, 3.63) is 63.6 Å². The summed E-state index contributed by atoms with van der Waals surface area (Å²) in [7, 11) is 0. The van der Waals surface area contributed by atoms with Gasteiger partial charge >= 0.3 is 0 Å². The molecular formula is C24H26Cl2N4O3. The van der Waals surface area contributed by atoms with Gasteiger partial charge in [0.15, 0.2) is 0 Å². The van der Waals surface area contributed by atoms with Crippen molar-refractivity contribution < 1.29 is 14.4 Å². The predicted molar refractivity (Wildman–Crippen MR) is 128 cm³/mol. The minimum absolute atomic E-state index is 0.243. The number of carbonyl (C=O) groups is 3. The van der Waals surface area contributed by atoms with Crippen LogP contribution in [0.2, 0.25) is 10.0 Å². The van der Waals surface area contributed by atoms with Crippen LogP contribution < -0.4 is 11.1 Å². The van der Waals surface area contributed by atoms with Crippen molar-refractivity contribution in [2.45, 2.75) is 44.3 Å². The Labute approximate surface area is 202 Å². The van der Waals surface area contributed by atoms with Crippen molar-refractivity contribution >= 4 is 46.6 Å². The van der Waals surface area contributed by atoms with Gasteiger partial charge in [0.25, 0.3) is 5.91 Å². The molecule has 2 aromatic carbocycles. The normalized spacial score (nSPS) is 20.7. The number of hydrogen-bond acceptors (Lipinski definition) is 4. The predicted octanol–water partition coefficient (Wildman–Crippen LogP) is 3.69. The highest BCUT2D eigenvalue weighted by Gasteiger charge is 2.35. The standard InChI is InChI=1S/C24H26Cl2N4O3/c25-16-8-9-19(26)18(13-16)24(33)30-11-3-7-21(30)23(32)28-17-5-1-4-15(12-17)14-29-10-2-6-20(29)22(27)31/h1,4-5,8-9,12-13,20-21H,2-3,6-7,10-11,14H2,(H2,27,31)(H,28,32). The summed E-state index contributed by atoms with van der Waals surface area (Å²) in [6.07, 6.45) is 3.01. The van der Waals surface area contributed by atoms with Gasteiger partial charge in [0.05, 0.1) is 16.6 Å². The third-order valence-electron chi connectivity index (χ3n) is 6.25. The number of nitrogens with one attached hydrogen (secondary N) is 1. The monoisotopic (exact) mass is 488 g/mol. The minimum Gasteiger partial charge on any atom is -0.368 e. The summed E-state index contributed by atoms with van der Waals surface area (Å²) in [5, 5.41) is 3.66. The molecule has 174 valence electrons. The Bertz CT molecular complexity index is 1080. The maximum absolute atomic E-state index is 13.1. The largest absolute Gasteiger partial charge is 0.368 e. The number of anilines is 1. The molecule has 3 amide bonds. The molecule has 0 aliphatic carbocycles. The van der Waals surface area contributed by atoms with Gasteiger partial charge < -0.3 is 16.0 Å². The number of likely N-dealkylation sites (tertiary alicyclic amines) is 2. The average molecular weight is 489 g/mol. The lowest BCUT2D eigenvalue weighted by molar-refractivity contribution is -0.122. The molecule has 4 rings (SSSR count). The van der Waals surface area contributed by atoms with Crippen molar-refractivity contribution in [1.29, 1.82) is 0 Å². The van der Waals surface area contributed by atoms with E-state index in [0.717, 1.165) is 31.4 Å². The lowest BCUT2D eigenvalue weighted by Gasteiger charge is -2.25. The van der Waals surface area contributed by atoms with Crippen molar-refractivity contribution in [1.82, 2.24) is 9.80 Å². The topological polar surface area (TPSA) is 95.7 Å². The third kappa shape index (κ3) is 5.32. The summed E-state index contributed by atoms with van der Waals surface area (Å²) < 4.78 is 0. The highest BCUT2D eigenvalue weighted by atomic mass is 35.5. The maximum atomic E-state index is 13.1. The summed E-state index contributed by atoms with van der Waals surface area (Å²) in [6.45, 7) is 1.87. The summed E-state index contributed by atoms with van der Waals surface area (Å²) >= 11 is 12.2. The van der Waals surface area contributed by atoms with E-state index in [4.69, 9.17) is 28.9 Å². The molecule has 2 aliphatic heterocycles. The summed E-state index contributed by atoms with van der Waals surface area (Å²) in [5.74, 6) is -0.851. The van der Waals surface area contributed by atoms with Gasteiger partial charge in [-0.1, -0.05) is 35.3 Å². The van der Waals surface area contributed by atoms with Crippen LogP contribution in [0.25, 0.3) is 0 Å². The van der Waals surface area contributed by atoms with Crippen molar-refractivity contribution in [3.63, 3.8) is 0 Å². The molecule has 9 heteroatoms. The lowest BCUT2D eigenvalue weighted by Crippen LogP contribution is -2.43. The highest BCUT2D eigenvalue weighted by Crippen LogP contribution is 2.27. The molecule has 2 aromatic rings. The molecule has 33 heavy (non-hydrogen) atoms. The van der Waals surface area contributed by atoms with Crippen molar-refractivity contribution in [2.75, 3.05) is 18.4 Å². The highest BCUT2D eigenvalue weighted by molar-refractivity contribution is 6.35. The number of rotatable bonds is 6. The number of nitrogens with zero attached hydrogens (tertiary/aromatic N) is 2. The van der Waals surface area contributed by atoms with Crippen LogP contribution in [0.5, 0.6) is 0 Å². The summed E-state index contributed by atoms with van der Waals surface area (Å²) in [5.41, 5.74) is 7.43. The number of hydrogen-bond donors (Lipinski definition) is 2. The molecule has 2 unspecified atom stereocenters. The van der Waals surface area contributed by atoms with Crippen LogP contribution in [0.4, 0.5) is 5.69 Å². The van der Waals surface area contributed by atoms with Crippen LogP contribution in [0, 0.1) is 0 Å². The zero-order valence-corrected chi connectivity index (χ0v) is 19.6. The van der Waals surface area contributed by atoms with Gasteiger partial charge in [-0.3, -0.25) is 19.3 Å². The molecule has 2 atom stereocenters. The van der Waals surface area contributed by atoms with Crippen LogP contribution in [0.1, 0.15) is 41.6 Å². The van der Waals surface area contributed by atoms with Gasteiger partial charge in [0.1, 0.15) is 6.04 Å². The first-order chi connectivity index (χ1) is 15.8. The quantitative estimate of drug-likeness (QED) is 0.647. The van der Waals surface area contributed by atoms with E-state index in [2.05, 4.69) is 10.2 Å².